The van der Waals surface area contributed by atoms with Gasteiger partial charge in [0.25, 0.3) is 0 Å². The number of alkyl halides is 3. The lowest BCUT2D eigenvalue weighted by Gasteiger charge is -2.12. The minimum Gasteiger partial charge on any atom is -0.305 e. The minimum absolute atomic E-state index is 0.335. The first-order chi connectivity index (χ1) is 8.01. The molecule has 1 nitrogen and oxygen atoms in total. The van der Waals surface area contributed by atoms with Crippen LogP contribution in [0.15, 0.2) is 5.38 Å². The third-order valence-corrected chi connectivity index (χ3v) is 4.36. The standard InChI is InChI=1S/C12H16F3NS/c1-2-8-3-4-10-11(8)9(6-17-10)5-16-7-12(13,14)15/h6,8,16H,2-5,7H2,1H3. The van der Waals surface area contributed by atoms with Gasteiger partial charge >= 0.3 is 6.18 Å². The van der Waals surface area contributed by atoms with Gasteiger partial charge in [-0.15, -0.1) is 11.3 Å². The summed E-state index contributed by atoms with van der Waals surface area (Å²) in [6.45, 7) is 1.57. The molecule has 5 heteroatoms. The van der Waals surface area contributed by atoms with Gasteiger partial charge in [0.15, 0.2) is 0 Å². The van der Waals surface area contributed by atoms with Gasteiger partial charge in [0, 0.05) is 11.4 Å². The topological polar surface area (TPSA) is 12.0 Å². The van der Waals surface area contributed by atoms with E-state index < -0.39 is 12.7 Å². The van der Waals surface area contributed by atoms with Crippen LogP contribution in [-0.2, 0) is 13.0 Å². The van der Waals surface area contributed by atoms with Gasteiger partial charge in [-0.1, -0.05) is 6.92 Å². The smallest absolute Gasteiger partial charge is 0.305 e. The average molecular weight is 263 g/mol. The first-order valence-corrected chi connectivity index (χ1v) is 6.76. The molecule has 17 heavy (non-hydrogen) atoms. The fraction of sp³-hybridized carbons (Fsp3) is 0.667. The van der Waals surface area contributed by atoms with Crippen molar-refractivity contribution in [3.63, 3.8) is 0 Å². The number of hydrogen-bond donors (Lipinski definition) is 1. The van der Waals surface area contributed by atoms with Crippen LogP contribution in [0.3, 0.4) is 0 Å². The Bertz CT molecular complexity index is 384. The third kappa shape index (κ3) is 3.01. The molecule has 1 aliphatic rings. The summed E-state index contributed by atoms with van der Waals surface area (Å²) in [7, 11) is 0. The highest BCUT2D eigenvalue weighted by molar-refractivity contribution is 7.10. The molecule has 0 saturated carbocycles. The quantitative estimate of drug-likeness (QED) is 0.870. The zero-order valence-corrected chi connectivity index (χ0v) is 10.5. The molecule has 1 N–H and O–H groups in total. The van der Waals surface area contributed by atoms with Gasteiger partial charge in [0.05, 0.1) is 6.54 Å². The Morgan fingerprint density at radius 3 is 2.88 bits per heavy atom. The molecule has 0 aliphatic heterocycles. The number of fused-ring (bicyclic) bond motifs is 1. The van der Waals surface area contributed by atoms with Crippen LogP contribution >= 0.6 is 11.3 Å². The van der Waals surface area contributed by atoms with E-state index in [0.717, 1.165) is 24.8 Å². The number of rotatable bonds is 4. The van der Waals surface area contributed by atoms with Gasteiger partial charge in [-0.3, -0.25) is 0 Å². The van der Waals surface area contributed by atoms with Gasteiger partial charge in [0.2, 0.25) is 0 Å². The van der Waals surface area contributed by atoms with Crippen molar-refractivity contribution in [2.24, 2.45) is 0 Å². The van der Waals surface area contributed by atoms with E-state index in [1.165, 1.54) is 10.4 Å². The number of thiophene rings is 1. The number of aryl methyl sites for hydroxylation is 1. The second kappa shape index (κ2) is 4.98. The molecule has 1 aromatic rings. The van der Waals surface area contributed by atoms with Gasteiger partial charge < -0.3 is 5.32 Å². The molecule has 0 bridgehead atoms. The fourth-order valence-corrected chi connectivity index (χ4v) is 3.62. The van der Waals surface area contributed by atoms with Crippen molar-refractivity contribution in [1.82, 2.24) is 5.32 Å². The van der Waals surface area contributed by atoms with Gasteiger partial charge in [-0.05, 0) is 41.7 Å². The highest BCUT2D eigenvalue weighted by Crippen LogP contribution is 2.41. The van der Waals surface area contributed by atoms with Crippen LogP contribution in [0, 0.1) is 0 Å². The minimum atomic E-state index is -4.12. The summed E-state index contributed by atoms with van der Waals surface area (Å²) in [5.41, 5.74) is 2.39. The Morgan fingerprint density at radius 1 is 1.47 bits per heavy atom. The van der Waals surface area contributed by atoms with Crippen molar-refractivity contribution >= 4 is 11.3 Å². The molecule has 0 saturated heterocycles. The van der Waals surface area contributed by atoms with Crippen LogP contribution < -0.4 is 5.32 Å². The molecule has 1 aliphatic carbocycles. The normalized spacial score (nSPS) is 19.6. The lowest BCUT2D eigenvalue weighted by molar-refractivity contribution is -0.125. The van der Waals surface area contributed by atoms with Crippen LogP contribution in [0.1, 0.15) is 41.7 Å². The summed E-state index contributed by atoms with van der Waals surface area (Å²) >= 11 is 1.69. The van der Waals surface area contributed by atoms with Crippen LogP contribution in [0.2, 0.25) is 0 Å². The van der Waals surface area contributed by atoms with Crippen molar-refractivity contribution in [2.45, 2.75) is 44.8 Å². The predicted molar refractivity (Wildman–Crippen MR) is 63.4 cm³/mol. The molecule has 0 amide bonds. The first kappa shape index (κ1) is 12.9. The molecule has 1 aromatic heterocycles. The van der Waals surface area contributed by atoms with Gasteiger partial charge in [-0.25, -0.2) is 0 Å². The van der Waals surface area contributed by atoms with Gasteiger partial charge in [-0.2, -0.15) is 13.2 Å². The summed E-state index contributed by atoms with van der Waals surface area (Å²) in [5, 5.41) is 4.49. The highest BCUT2D eigenvalue weighted by Gasteiger charge is 2.28. The number of nitrogens with one attached hydrogen (secondary N) is 1. The molecule has 0 radical (unpaired) electrons. The monoisotopic (exact) mass is 263 g/mol. The van der Waals surface area contributed by atoms with E-state index in [1.807, 2.05) is 5.38 Å². The maximum atomic E-state index is 12.0. The van der Waals surface area contributed by atoms with E-state index in [0.29, 0.717) is 12.5 Å². The van der Waals surface area contributed by atoms with Crippen molar-refractivity contribution in [1.29, 1.82) is 0 Å². The second-order valence-electron chi connectivity index (χ2n) is 4.46. The van der Waals surface area contributed by atoms with Crippen molar-refractivity contribution in [2.75, 3.05) is 6.54 Å². The van der Waals surface area contributed by atoms with Crippen molar-refractivity contribution < 1.29 is 13.2 Å². The van der Waals surface area contributed by atoms with Crippen LogP contribution in [0.4, 0.5) is 13.2 Å². The zero-order valence-electron chi connectivity index (χ0n) is 9.73. The molecule has 0 fully saturated rings. The Balaban J connectivity index is 1.98. The Labute approximate surface area is 103 Å². The summed E-state index contributed by atoms with van der Waals surface area (Å²) in [4.78, 5) is 1.38. The largest absolute Gasteiger partial charge is 0.401 e. The first-order valence-electron chi connectivity index (χ1n) is 5.88. The summed E-state index contributed by atoms with van der Waals surface area (Å²) in [5.74, 6) is 0.555. The van der Waals surface area contributed by atoms with E-state index >= 15 is 0 Å². The lowest BCUT2D eigenvalue weighted by Crippen LogP contribution is -2.28. The lowest BCUT2D eigenvalue weighted by atomic mass is 9.97. The average Bonchev–Trinajstić information content (AvgIpc) is 2.78. The Kier molecular flexibility index (Phi) is 3.78. The molecule has 2 rings (SSSR count). The molecular weight excluding hydrogens is 247 g/mol. The van der Waals surface area contributed by atoms with E-state index in [-0.39, 0.29) is 0 Å². The highest BCUT2D eigenvalue weighted by atomic mass is 32.1. The summed E-state index contributed by atoms with van der Waals surface area (Å²) < 4.78 is 36.1. The molecular formula is C12H16F3NS. The second-order valence-corrected chi connectivity index (χ2v) is 5.42. The third-order valence-electron chi connectivity index (χ3n) is 3.25. The fourth-order valence-electron chi connectivity index (χ4n) is 2.47. The Morgan fingerprint density at radius 2 is 2.24 bits per heavy atom. The van der Waals surface area contributed by atoms with Crippen LogP contribution in [0.25, 0.3) is 0 Å². The molecule has 0 aromatic carbocycles. The van der Waals surface area contributed by atoms with E-state index in [9.17, 15) is 13.2 Å². The van der Waals surface area contributed by atoms with Crippen molar-refractivity contribution in [3.05, 3.63) is 21.4 Å². The maximum absolute atomic E-state index is 12.0. The zero-order chi connectivity index (χ0) is 12.5. The van der Waals surface area contributed by atoms with Gasteiger partial charge in [0.1, 0.15) is 0 Å². The van der Waals surface area contributed by atoms with E-state index in [2.05, 4.69) is 12.2 Å². The maximum Gasteiger partial charge on any atom is 0.401 e. The van der Waals surface area contributed by atoms with E-state index in [4.69, 9.17) is 0 Å². The molecule has 0 spiro atoms. The van der Waals surface area contributed by atoms with Crippen LogP contribution in [0.5, 0.6) is 0 Å². The number of hydrogen-bond acceptors (Lipinski definition) is 2. The number of halogens is 3. The molecule has 1 atom stereocenters. The summed E-state index contributed by atoms with van der Waals surface area (Å²) in [6, 6.07) is 0. The van der Waals surface area contributed by atoms with E-state index in [1.54, 1.807) is 11.3 Å². The van der Waals surface area contributed by atoms with Crippen molar-refractivity contribution in [3.8, 4) is 0 Å². The SMILES string of the molecule is CCC1CCc2scc(CNCC(F)(F)F)c21. The Hall–Kier alpha value is -0.550. The predicted octanol–water partition coefficient (Wildman–Crippen LogP) is 3.84. The molecule has 96 valence electrons. The summed E-state index contributed by atoms with van der Waals surface area (Å²) in [6.07, 6.45) is -0.790. The molecule has 1 heterocycles. The molecule has 1 unspecified atom stereocenters. The van der Waals surface area contributed by atoms with Crippen LogP contribution in [-0.4, -0.2) is 12.7 Å².